The normalized spacial score (nSPS) is 13.0. The molecule has 0 radical (unpaired) electrons. The highest BCUT2D eigenvalue weighted by atomic mass is 16.6. The SMILES string of the molecule is CC/C=C\C/C=C\C/C=C\C/C=C\C/C=C\C/C=C\CCCCCCCCC(=O)OCC(COC(=O)CCCCCCC/C=C\C/C=C\CCC)OC(=O)CCCCCCCCCCCC/C=C\C/C=C\C/C=C\CCCCCCC. The summed E-state index contributed by atoms with van der Waals surface area (Å²) in [5.74, 6) is -0.922. The molecule has 0 aromatic carbocycles. The van der Waals surface area contributed by atoms with Gasteiger partial charge in [0.25, 0.3) is 0 Å². The fourth-order valence-electron chi connectivity index (χ4n) is 9.08. The largest absolute Gasteiger partial charge is 0.462 e. The van der Waals surface area contributed by atoms with Crippen molar-refractivity contribution in [1.82, 2.24) is 0 Å². The van der Waals surface area contributed by atoms with Crippen molar-refractivity contribution in [3.63, 3.8) is 0 Å². The molecule has 0 aromatic rings. The maximum Gasteiger partial charge on any atom is 0.306 e. The molecule has 81 heavy (non-hydrogen) atoms. The Kier molecular flexibility index (Phi) is 64.3. The van der Waals surface area contributed by atoms with Gasteiger partial charge in [0.15, 0.2) is 6.10 Å². The van der Waals surface area contributed by atoms with Gasteiger partial charge in [0.1, 0.15) is 13.2 Å². The van der Waals surface area contributed by atoms with Crippen molar-refractivity contribution in [3.05, 3.63) is 134 Å². The summed E-state index contributed by atoms with van der Waals surface area (Å²) in [4.78, 5) is 38.4. The fourth-order valence-corrected chi connectivity index (χ4v) is 9.08. The first kappa shape index (κ1) is 76.5. The number of hydrogen-bond donors (Lipinski definition) is 0. The molecule has 460 valence electrons. The average Bonchev–Trinajstić information content (AvgIpc) is 3.46. The summed E-state index contributed by atoms with van der Waals surface area (Å²) >= 11 is 0. The molecule has 1 atom stereocenters. The van der Waals surface area contributed by atoms with Crippen LogP contribution in [-0.2, 0) is 28.6 Å². The Hall–Kier alpha value is -4.45. The minimum atomic E-state index is -0.799. The maximum atomic E-state index is 12.9. The van der Waals surface area contributed by atoms with Gasteiger partial charge in [-0.2, -0.15) is 0 Å². The molecule has 0 bridgehead atoms. The van der Waals surface area contributed by atoms with Crippen LogP contribution in [0.3, 0.4) is 0 Å². The van der Waals surface area contributed by atoms with Gasteiger partial charge in [-0.05, 0) is 135 Å². The number of allylic oxidation sites excluding steroid dienone is 22. The van der Waals surface area contributed by atoms with E-state index >= 15 is 0 Å². The summed E-state index contributed by atoms with van der Waals surface area (Å²) in [6, 6.07) is 0. The van der Waals surface area contributed by atoms with E-state index in [9.17, 15) is 14.4 Å². The smallest absolute Gasteiger partial charge is 0.306 e. The third kappa shape index (κ3) is 66.2. The molecule has 0 N–H and O–H groups in total. The van der Waals surface area contributed by atoms with Crippen LogP contribution in [0.5, 0.6) is 0 Å². The first-order valence-electron chi connectivity index (χ1n) is 33.7. The van der Waals surface area contributed by atoms with Crippen molar-refractivity contribution in [1.29, 1.82) is 0 Å². The number of esters is 3. The van der Waals surface area contributed by atoms with Crippen LogP contribution in [0.2, 0.25) is 0 Å². The van der Waals surface area contributed by atoms with E-state index in [1.165, 1.54) is 109 Å². The molecule has 0 fully saturated rings. The number of carbonyl (C=O) groups is 3. The van der Waals surface area contributed by atoms with Gasteiger partial charge < -0.3 is 14.2 Å². The first-order chi connectivity index (χ1) is 40.0. The van der Waals surface area contributed by atoms with Gasteiger partial charge in [-0.15, -0.1) is 0 Å². The molecule has 0 aromatic heterocycles. The predicted molar refractivity (Wildman–Crippen MR) is 353 cm³/mol. The van der Waals surface area contributed by atoms with E-state index in [0.717, 1.165) is 154 Å². The van der Waals surface area contributed by atoms with Crippen molar-refractivity contribution in [2.45, 2.75) is 309 Å². The molecular formula is C75H124O6. The highest BCUT2D eigenvalue weighted by Crippen LogP contribution is 2.15. The van der Waals surface area contributed by atoms with Crippen molar-refractivity contribution >= 4 is 17.9 Å². The summed E-state index contributed by atoms with van der Waals surface area (Å²) in [6.07, 6.45) is 96.0. The Bertz CT molecular complexity index is 1720. The van der Waals surface area contributed by atoms with Crippen LogP contribution in [0, 0.1) is 0 Å². The molecular weight excluding hydrogens is 997 g/mol. The van der Waals surface area contributed by atoms with Crippen LogP contribution in [0.1, 0.15) is 303 Å². The van der Waals surface area contributed by atoms with Gasteiger partial charge in [0, 0.05) is 19.3 Å². The molecule has 0 spiro atoms. The molecule has 0 heterocycles. The summed E-state index contributed by atoms with van der Waals surface area (Å²) in [5, 5.41) is 0. The maximum absolute atomic E-state index is 12.9. The predicted octanol–water partition coefficient (Wildman–Crippen LogP) is 23.3. The number of carbonyl (C=O) groups excluding carboxylic acids is 3. The lowest BCUT2D eigenvalue weighted by Gasteiger charge is -2.18. The highest BCUT2D eigenvalue weighted by Gasteiger charge is 2.19. The molecule has 0 aliphatic heterocycles. The summed E-state index contributed by atoms with van der Waals surface area (Å²) < 4.78 is 16.9. The van der Waals surface area contributed by atoms with Crippen molar-refractivity contribution in [2.75, 3.05) is 13.2 Å². The Labute approximate surface area is 500 Å². The fraction of sp³-hybridized carbons (Fsp3) is 0.667. The van der Waals surface area contributed by atoms with Crippen LogP contribution in [0.15, 0.2) is 134 Å². The molecule has 0 rings (SSSR count). The molecule has 1 unspecified atom stereocenters. The molecule has 6 heteroatoms. The monoisotopic (exact) mass is 1120 g/mol. The van der Waals surface area contributed by atoms with Gasteiger partial charge >= 0.3 is 17.9 Å². The van der Waals surface area contributed by atoms with Crippen LogP contribution >= 0.6 is 0 Å². The summed E-state index contributed by atoms with van der Waals surface area (Å²) in [6.45, 7) is 6.44. The Morgan fingerprint density at radius 3 is 0.802 bits per heavy atom. The Morgan fingerprint density at radius 1 is 0.259 bits per heavy atom. The van der Waals surface area contributed by atoms with E-state index in [2.05, 4.69) is 154 Å². The van der Waals surface area contributed by atoms with E-state index < -0.39 is 6.10 Å². The van der Waals surface area contributed by atoms with Crippen LogP contribution in [0.4, 0.5) is 0 Å². The number of hydrogen-bond acceptors (Lipinski definition) is 6. The van der Waals surface area contributed by atoms with E-state index in [-0.39, 0.29) is 31.1 Å². The van der Waals surface area contributed by atoms with Gasteiger partial charge in [-0.1, -0.05) is 283 Å². The zero-order chi connectivity index (χ0) is 58.5. The van der Waals surface area contributed by atoms with Crippen LogP contribution < -0.4 is 0 Å². The highest BCUT2D eigenvalue weighted by molar-refractivity contribution is 5.71. The zero-order valence-corrected chi connectivity index (χ0v) is 52.8. The van der Waals surface area contributed by atoms with Gasteiger partial charge in [0.2, 0.25) is 0 Å². The second-order valence-electron chi connectivity index (χ2n) is 22.0. The molecule has 6 nitrogen and oxygen atoms in total. The lowest BCUT2D eigenvalue weighted by atomic mass is 10.0. The second-order valence-corrected chi connectivity index (χ2v) is 22.0. The lowest BCUT2D eigenvalue weighted by Crippen LogP contribution is -2.30. The quantitative estimate of drug-likeness (QED) is 0.0261. The minimum absolute atomic E-state index is 0.0949. The van der Waals surface area contributed by atoms with Crippen LogP contribution in [-0.4, -0.2) is 37.2 Å². The topological polar surface area (TPSA) is 78.9 Å². The molecule has 0 aliphatic carbocycles. The Balaban J connectivity index is 4.38. The van der Waals surface area contributed by atoms with Crippen LogP contribution in [0.25, 0.3) is 0 Å². The van der Waals surface area contributed by atoms with E-state index in [1.54, 1.807) is 0 Å². The van der Waals surface area contributed by atoms with Gasteiger partial charge in [-0.25, -0.2) is 0 Å². The van der Waals surface area contributed by atoms with E-state index in [4.69, 9.17) is 14.2 Å². The lowest BCUT2D eigenvalue weighted by molar-refractivity contribution is -0.167. The van der Waals surface area contributed by atoms with Gasteiger partial charge in [0.05, 0.1) is 0 Å². The van der Waals surface area contributed by atoms with Crippen molar-refractivity contribution in [2.24, 2.45) is 0 Å². The van der Waals surface area contributed by atoms with Gasteiger partial charge in [-0.3, -0.25) is 14.4 Å². The third-order valence-electron chi connectivity index (χ3n) is 14.1. The molecule has 0 saturated heterocycles. The number of ether oxygens (including phenoxy) is 3. The average molecular weight is 1120 g/mol. The first-order valence-corrected chi connectivity index (χ1v) is 33.7. The number of rotatable bonds is 60. The minimum Gasteiger partial charge on any atom is -0.462 e. The molecule has 0 saturated carbocycles. The third-order valence-corrected chi connectivity index (χ3v) is 14.1. The summed E-state index contributed by atoms with van der Waals surface area (Å²) in [7, 11) is 0. The van der Waals surface area contributed by atoms with Crippen molar-refractivity contribution < 1.29 is 28.6 Å². The number of unbranched alkanes of at least 4 members (excludes halogenated alkanes) is 27. The van der Waals surface area contributed by atoms with Crippen molar-refractivity contribution in [3.8, 4) is 0 Å². The Morgan fingerprint density at radius 2 is 0.506 bits per heavy atom. The zero-order valence-electron chi connectivity index (χ0n) is 52.8. The molecule has 0 amide bonds. The van der Waals surface area contributed by atoms with E-state index in [1.807, 2.05) is 0 Å². The summed E-state index contributed by atoms with van der Waals surface area (Å²) in [5.41, 5.74) is 0. The van der Waals surface area contributed by atoms with E-state index in [0.29, 0.717) is 19.3 Å². The second kappa shape index (κ2) is 68.1. The molecule has 0 aliphatic rings. The standard InChI is InChI=1S/C75H124O6/c1-4-7-10-13-16-19-22-25-27-29-31-33-35-37-39-41-43-45-47-50-53-56-59-62-65-68-74(77)80-71-72(70-79-73(76)67-64-61-58-55-52-49-24-21-18-15-12-9-6-3)81-75(78)69-66-63-60-57-54-51-48-46-44-42-40-38-36-34-32-30-28-26-23-20-17-14-11-8-5-2/h7,10,12,15-16,19,21,23-27,30-33,36-39,43,45,72H,4-6,8-9,11,13-14,17-18,20,22,28-29,34-35,40-42,44,46-71H2,1-3H3/b10-7-,15-12-,19-16-,24-21-,26-23-,27-25-,32-30-,33-31-,38-36-,39-37-,45-43-.